The van der Waals surface area contributed by atoms with Crippen molar-refractivity contribution in [3.63, 3.8) is 0 Å². The Kier molecular flexibility index (Phi) is 4.03. The molecule has 1 atom stereocenters. The molecule has 0 fully saturated rings. The highest BCUT2D eigenvalue weighted by atomic mass is 127. The number of aromatic nitrogens is 2. The highest BCUT2D eigenvalue weighted by molar-refractivity contribution is 14.1. The van der Waals surface area contributed by atoms with Gasteiger partial charge in [0.1, 0.15) is 19.5 Å². The molecule has 0 unspecified atom stereocenters. The quantitative estimate of drug-likeness (QED) is 0.703. The zero-order chi connectivity index (χ0) is 12.6. The van der Waals surface area contributed by atoms with E-state index in [1.807, 2.05) is 0 Å². The molecule has 0 saturated heterocycles. The first kappa shape index (κ1) is 13.2. The summed E-state index contributed by atoms with van der Waals surface area (Å²) in [7, 11) is 0. The molecule has 2 aromatic rings. The van der Waals surface area contributed by atoms with Crippen LogP contribution in [0.5, 0.6) is 0 Å². The van der Waals surface area contributed by atoms with Crippen molar-refractivity contribution in [1.29, 1.82) is 0 Å². The fourth-order valence-corrected chi connectivity index (χ4v) is 2.48. The van der Waals surface area contributed by atoms with E-state index in [1.54, 1.807) is 30.0 Å². The summed E-state index contributed by atoms with van der Waals surface area (Å²) in [5.74, 6) is -0.366. The van der Waals surface area contributed by atoms with Crippen LogP contribution in [0.15, 0.2) is 24.5 Å². The number of imidazole rings is 1. The lowest BCUT2D eigenvalue weighted by atomic mass is 10.1. The van der Waals surface area contributed by atoms with Gasteiger partial charge in [-0.3, -0.25) is 4.57 Å². The third kappa shape index (κ3) is 2.48. The first-order valence-corrected chi connectivity index (χ1v) is 7.03. The molecule has 0 aliphatic rings. The number of benzene rings is 1. The van der Waals surface area contributed by atoms with E-state index in [1.165, 1.54) is 6.07 Å². The minimum absolute atomic E-state index is 0.363. The zero-order valence-corrected chi connectivity index (χ0v) is 13.2. The molecule has 6 heteroatoms. The maximum absolute atomic E-state index is 13.9. The summed E-state index contributed by atoms with van der Waals surface area (Å²) in [6, 6.07) is 4.69. The smallest absolute Gasteiger partial charge is 0.147 e. The summed E-state index contributed by atoms with van der Waals surface area (Å²) in [6.07, 6.45) is 0.838. The Morgan fingerprint density at radius 3 is 2.65 bits per heavy atom. The normalized spacial score (nSPS) is 12.8. The van der Waals surface area contributed by atoms with Crippen LogP contribution in [0.1, 0.15) is 18.6 Å². The predicted molar refractivity (Wildman–Crippen MR) is 79.6 cm³/mol. The van der Waals surface area contributed by atoms with Gasteiger partial charge in [-0.2, -0.15) is 0 Å². The van der Waals surface area contributed by atoms with Crippen molar-refractivity contribution < 1.29 is 9.50 Å². The second-order valence-corrected chi connectivity index (χ2v) is 5.59. The molecule has 1 aromatic carbocycles. The number of para-hydroxylation sites is 1. The maximum atomic E-state index is 13.9. The lowest BCUT2D eigenvalue weighted by Gasteiger charge is -2.14. The first-order valence-electron chi connectivity index (χ1n) is 4.87. The van der Waals surface area contributed by atoms with Crippen LogP contribution in [0.25, 0.3) is 5.69 Å². The van der Waals surface area contributed by atoms with Gasteiger partial charge in [-0.05, 0) is 58.2 Å². The summed E-state index contributed by atoms with van der Waals surface area (Å²) < 4.78 is 17.2. The van der Waals surface area contributed by atoms with Gasteiger partial charge in [0.25, 0.3) is 0 Å². The Hall–Kier alpha value is -0.220. The van der Waals surface area contributed by atoms with Crippen molar-refractivity contribution in [3.8, 4) is 5.69 Å². The first-order chi connectivity index (χ1) is 8.02. The van der Waals surface area contributed by atoms with Crippen molar-refractivity contribution in [2.24, 2.45) is 0 Å². The zero-order valence-electron chi connectivity index (χ0n) is 8.86. The largest absolute Gasteiger partial charge is 0.389 e. The third-order valence-corrected chi connectivity index (χ3v) is 5.23. The molecular weight excluding hydrogens is 449 g/mol. The number of aliphatic hydroxyl groups excluding tert-OH is 1. The van der Waals surface area contributed by atoms with Gasteiger partial charge in [0.15, 0.2) is 0 Å². The number of halogens is 3. The molecular formula is C11H9FI2N2O. The molecule has 0 aliphatic carbocycles. The molecule has 0 aliphatic heterocycles. The van der Waals surface area contributed by atoms with E-state index in [9.17, 15) is 9.50 Å². The second-order valence-electron chi connectivity index (χ2n) is 3.55. The van der Waals surface area contributed by atoms with E-state index in [-0.39, 0.29) is 5.82 Å². The van der Waals surface area contributed by atoms with Gasteiger partial charge in [-0.1, -0.05) is 12.1 Å². The van der Waals surface area contributed by atoms with Crippen molar-refractivity contribution >= 4 is 45.2 Å². The van der Waals surface area contributed by atoms with Gasteiger partial charge < -0.3 is 5.11 Å². The fraction of sp³-hybridized carbons (Fsp3) is 0.182. The molecule has 17 heavy (non-hydrogen) atoms. The van der Waals surface area contributed by atoms with Crippen LogP contribution in [-0.2, 0) is 0 Å². The molecule has 0 radical (unpaired) electrons. The summed E-state index contributed by atoms with van der Waals surface area (Å²) >= 11 is 4.19. The van der Waals surface area contributed by atoms with Crippen LogP contribution in [-0.4, -0.2) is 14.7 Å². The van der Waals surface area contributed by atoms with Gasteiger partial charge in [0, 0.05) is 5.56 Å². The highest BCUT2D eigenvalue weighted by Crippen LogP contribution is 2.27. The number of rotatable bonds is 2. The van der Waals surface area contributed by atoms with E-state index >= 15 is 0 Å². The van der Waals surface area contributed by atoms with Gasteiger partial charge >= 0.3 is 0 Å². The topological polar surface area (TPSA) is 38.0 Å². The molecule has 0 spiro atoms. The molecule has 1 heterocycles. The number of aliphatic hydroxyl groups is 1. The number of nitrogens with zero attached hydrogens (tertiary/aromatic N) is 2. The number of hydrogen-bond acceptors (Lipinski definition) is 2. The SMILES string of the molecule is C[C@H](O)c1cccc(F)c1-n1cnc(I)c1I. The Bertz CT molecular complexity index is 554. The summed E-state index contributed by atoms with van der Waals surface area (Å²) in [5.41, 5.74) is 0.916. The lowest BCUT2D eigenvalue weighted by molar-refractivity contribution is 0.198. The number of hydrogen-bond donors (Lipinski definition) is 1. The Morgan fingerprint density at radius 2 is 2.12 bits per heavy atom. The van der Waals surface area contributed by atoms with Crippen LogP contribution in [0.2, 0.25) is 0 Å². The van der Waals surface area contributed by atoms with Crippen LogP contribution < -0.4 is 0 Å². The average Bonchev–Trinajstić information content (AvgIpc) is 2.60. The third-order valence-electron chi connectivity index (χ3n) is 2.38. The van der Waals surface area contributed by atoms with Gasteiger partial charge in [-0.15, -0.1) is 0 Å². The summed E-state index contributed by atoms with van der Waals surface area (Å²) in [4.78, 5) is 4.13. The highest BCUT2D eigenvalue weighted by Gasteiger charge is 2.17. The molecule has 2 rings (SSSR count). The van der Waals surface area contributed by atoms with Crippen molar-refractivity contribution in [2.75, 3.05) is 0 Å². The predicted octanol–water partition coefficient (Wildman–Crippen LogP) is 3.27. The second kappa shape index (κ2) is 5.19. The van der Waals surface area contributed by atoms with E-state index in [4.69, 9.17) is 0 Å². The molecule has 1 N–H and O–H groups in total. The molecule has 0 amide bonds. The Morgan fingerprint density at radius 1 is 1.41 bits per heavy atom. The molecule has 0 saturated carbocycles. The van der Waals surface area contributed by atoms with E-state index < -0.39 is 6.10 Å². The van der Waals surface area contributed by atoms with Crippen molar-refractivity contribution in [1.82, 2.24) is 9.55 Å². The van der Waals surface area contributed by atoms with Crippen LogP contribution in [0.3, 0.4) is 0 Å². The summed E-state index contributed by atoms with van der Waals surface area (Å²) in [5, 5.41) is 9.68. The molecule has 3 nitrogen and oxygen atoms in total. The van der Waals surface area contributed by atoms with Crippen LogP contribution >= 0.6 is 45.2 Å². The maximum Gasteiger partial charge on any atom is 0.147 e. The molecule has 1 aromatic heterocycles. The monoisotopic (exact) mass is 458 g/mol. The summed E-state index contributed by atoms with van der Waals surface area (Å²) in [6.45, 7) is 1.62. The van der Waals surface area contributed by atoms with E-state index in [0.29, 0.717) is 11.3 Å². The van der Waals surface area contributed by atoms with Gasteiger partial charge in [-0.25, -0.2) is 9.37 Å². The van der Waals surface area contributed by atoms with Gasteiger partial charge in [0.2, 0.25) is 0 Å². The average molecular weight is 458 g/mol. The standard InChI is InChI=1S/C11H9FI2N2O/c1-6(17)7-3-2-4-8(12)9(7)16-5-15-10(13)11(16)14/h2-6,17H,1H3/t6-/m0/s1. The molecule has 0 bridgehead atoms. The minimum Gasteiger partial charge on any atom is -0.389 e. The lowest BCUT2D eigenvalue weighted by Crippen LogP contribution is -2.06. The Balaban J connectivity index is 2.70. The van der Waals surface area contributed by atoms with Crippen LogP contribution in [0, 0.1) is 13.2 Å². The van der Waals surface area contributed by atoms with E-state index in [0.717, 1.165) is 7.40 Å². The van der Waals surface area contributed by atoms with Crippen LogP contribution in [0.4, 0.5) is 4.39 Å². The van der Waals surface area contributed by atoms with Crippen molar-refractivity contribution in [3.05, 3.63) is 43.3 Å². The van der Waals surface area contributed by atoms with Crippen molar-refractivity contribution in [2.45, 2.75) is 13.0 Å². The fourth-order valence-electron chi connectivity index (χ4n) is 1.59. The van der Waals surface area contributed by atoms with Gasteiger partial charge in [0.05, 0.1) is 11.8 Å². The molecule has 90 valence electrons. The van der Waals surface area contributed by atoms with E-state index in [2.05, 4.69) is 50.2 Å². The Labute approximate surface area is 125 Å². The minimum atomic E-state index is -0.725.